The van der Waals surface area contributed by atoms with Crippen molar-refractivity contribution < 1.29 is 24.2 Å². The summed E-state index contributed by atoms with van der Waals surface area (Å²) in [6.45, 7) is 5.24. The van der Waals surface area contributed by atoms with Crippen LogP contribution in [-0.2, 0) is 25.5 Å². The molecular weight excluding hydrogens is 380 g/mol. The lowest BCUT2D eigenvalue weighted by molar-refractivity contribution is -0.153. The summed E-state index contributed by atoms with van der Waals surface area (Å²) >= 11 is 0. The molecule has 2 amide bonds. The maximum absolute atomic E-state index is 12.9. The largest absolute Gasteiger partial charge is 0.483 e. The molecule has 29 heavy (non-hydrogen) atoms. The molecular formula is C19H30N4O6. The molecule has 0 aromatic carbocycles. The molecule has 10 nitrogen and oxygen atoms in total. The fourth-order valence-electron chi connectivity index (χ4n) is 3.99. The van der Waals surface area contributed by atoms with E-state index in [2.05, 4.69) is 15.5 Å². The fourth-order valence-corrected chi connectivity index (χ4v) is 3.99. The van der Waals surface area contributed by atoms with E-state index in [1.165, 1.54) is 0 Å². The average Bonchev–Trinajstić information content (AvgIpc) is 3.03. The second-order valence-corrected chi connectivity index (χ2v) is 7.33. The first-order chi connectivity index (χ1) is 13.9. The number of carbonyl (C=O) groups excluding carboxylic acids is 2. The quantitative estimate of drug-likeness (QED) is 0.510. The van der Waals surface area contributed by atoms with Crippen LogP contribution in [0.25, 0.3) is 0 Å². The van der Waals surface area contributed by atoms with Crippen molar-refractivity contribution in [3.63, 3.8) is 0 Å². The Morgan fingerprint density at radius 2 is 2.07 bits per heavy atom. The molecule has 0 spiro atoms. The number of ether oxygens (including phenoxy) is 1. The van der Waals surface area contributed by atoms with Crippen LogP contribution in [0.4, 0.5) is 0 Å². The van der Waals surface area contributed by atoms with Gasteiger partial charge in [-0.2, -0.15) is 0 Å². The van der Waals surface area contributed by atoms with E-state index in [1.807, 2.05) is 11.8 Å². The lowest BCUT2D eigenvalue weighted by Gasteiger charge is -2.45. The molecule has 3 atom stereocenters. The van der Waals surface area contributed by atoms with E-state index in [4.69, 9.17) is 14.6 Å². The molecule has 1 aliphatic heterocycles. The summed E-state index contributed by atoms with van der Waals surface area (Å²) in [5.41, 5.74) is 0.917. The first-order valence-electron chi connectivity index (χ1n) is 9.95. The number of aryl methyl sites for hydroxylation is 1. The molecule has 1 saturated heterocycles. The molecule has 2 heterocycles. The van der Waals surface area contributed by atoms with Gasteiger partial charge >= 0.3 is 0 Å². The maximum Gasteiger partial charge on any atom is 0.290 e. The van der Waals surface area contributed by atoms with Crippen LogP contribution in [0.2, 0.25) is 0 Å². The van der Waals surface area contributed by atoms with E-state index in [0.29, 0.717) is 37.4 Å². The zero-order valence-corrected chi connectivity index (χ0v) is 16.9. The van der Waals surface area contributed by atoms with Crippen LogP contribution in [0.5, 0.6) is 0 Å². The lowest BCUT2D eigenvalue weighted by atomic mass is 9.81. The average molecular weight is 410 g/mol. The van der Waals surface area contributed by atoms with E-state index < -0.39 is 0 Å². The number of rotatable bonds is 5. The third-order valence-corrected chi connectivity index (χ3v) is 5.48. The van der Waals surface area contributed by atoms with Crippen molar-refractivity contribution in [1.82, 2.24) is 20.4 Å². The van der Waals surface area contributed by atoms with Crippen LogP contribution in [0.1, 0.15) is 43.9 Å². The van der Waals surface area contributed by atoms with Crippen molar-refractivity contribution in [3.8, 4) is 0 Å². The summed E-state index contributed by atoms with van der Waals surface area (Å²) in [4.78, 5) is 47.3. The number of nitrogens with one attached hydrogen (secondary N) is 3. The van der Waals surface area contributed by atoms with Gasteiger partial charge in [0.05, 0.1) is 25.2 Å². The van der Waals surface area contributed by atoms with E-state index >= 15 is 0 Å². The molecule has 2 fully saturated rings. The van der Waals surface area contributed by atoms with Crippen molar-refractivity contribution in [2.75, 3.05) is 19.7 Å². The van der Waals surface area contributed by atoms with E-state index in [0.717, 1.165) is 19.3 Å². The number of aromatic amines is 2. The fraction of sp³-hybridized carbons (Fsp3) is 0.684. The Hall–Kier alpha value is -2.62. The van der Waals surface area contributed by atoms with Crippen molar-refractivity contribution in [2.24, 2.45) is 5.92 Å². The smallest absolute Gasteiger partial charge is 0.290 e. The Bertz CT molecular complexity index is 758. The van der Waals surface area contributed by atoms with Crippen molar-refractivity contribution >= 4 is 18.3 Å². The zero-order chi connectivity index (χ0) is 21.4. The number of H-pyrrole nitrogens is 2. The number of carboxylic acid groups (broad SMARTS) is 1. The molecule has 0 radical (unpaired) electrons. The van der Waals surface area contributed by atoms with Gasteiger partial charge in [-0.05, 0) is 32.6 Å². The molecule has 4 N–H and O–H groups in total. The van der Waals surface area contributed by atoms with Gasteiger partial charge in [0, 0.05) is 30.3 Å². The predicted molar refractivity (Wildman–Crippen MR) is 104 cm³/mol. The van der Waals surface area contributed by atoms with Crippen LogP contribution in [0, 0.1) is 12.8 Å². The van der Waals surface area contributed by atoms with E-state index in [-0.39, 0.29) is 48.3 Å². The first kappa shape index (κ1) is 22.7. The molecule has 1 aromatic heterocycles. The molecule has 0 unspecified atom stereocenters. The molecule has 0 bridgehead atoms. The minimum absolute atomic E-state index is 0.0199. The summed E-state index contributed by atoms with van der Waals surface area (Å²) < 4.78 is 5.85. The molecule has 10 heteroatoms. The summed E-state index contributed by atoms with van der Waals surface area (Å²) in [6, 6.07) is -0.0966. The van der Waals surface area contributed by atoms with Gasteiger partial charge in [-0.15, -0.1) is 0 Å². The van der Waals surface area contributed by atoms with Gasteiger partial charge in [-0.3, -0.25) is 24.3 Å². The van der Waals surface area contributed by atoms with Crippen LogP contribution < -0.4 is 10.9 Å². The van der Waals surface area contributed by atoms with E-state index in [9.17, 15) is 14.4 Å². The standard InChI is InChI=1S/C18H28N4O4.CH2O2/c1-3-6-19-17(24)12-4-5-15-14(9-12)22(7-8-26-15)16(23)10-13-11(2)20-21-18(13)25;2-1-3/h12,14-15H,3-10H2,1-2H3,(H,19,24)(H2,20,21,25);1H,(H,2,3)/t12-,14+,15+;/m0./s1. The molecule has 2 aliphatic rings. The summed E-state index contributed by atoms with van der Waals surface area (Å²) in [5, 5.41) is 15.1. The summed E-state index contributed by atoms with van der Waals surface area (Å²) in [5.74, 6) is -0.0930. The number of hydrogen-bond acceptors (Lipinski definition) is 5. The minimum Gasteiger partial charge on any atom is -0.483 e. The third kappa shape index (κ3) is 5.69. The van der Waals surface area contributed by atoms with Crippen molar-refractivity contribution in [2.45, 2.75) is 58.1 Å². The van der Waals surface area contributed by atoms with E-state index in [1.54, 1.807) is 6.92 Å². The normalized spacial score (nSPS) is 23.4. The van der Waals surface area contributed by atoms with Gasteiger partial charge < -0.3 is 25.2 Å². The SMILES string of the molecule is CCCNC(=O)[C@H]1CC[C@H]2OCCN(C(=O)Cc3c(C)[nH][nH]c3=O)[C@@H]2C1.O=CO. The van der Waals surface area contributed by atoms with Crippen LogP contribution in [0.15, 0.2) is 4.79 Å². The highest BCUT2D eigenvalue weighted by Crippen LogP contribution is 2.32. The minimum atomic E-state index is -0.250. The monoisotopic (exact) mass is 410 g/mol. The molecule has 162 valence electrons. The number of carbonyl (C=O) groups is 3. The highest BCUT2D eigenvalue weighted by atomic mass is 16.5. The summed E-state index contributed by atoms with van der Waals surface area (Å²) in [6.07, 6.45) is 3.14. The Balaban J connectivity index is 0.000000941. The number of morpholine rings is 1. The maximum atomic E-state index is 12.9. The van der Waals surface area contributed by atoms with Crippen LogP contribution in [0.3, 0.4) is 0 Å². The number of hydrogen-bond donors (Lipinski definition) is 4. The topological polar surface area (TPSA) is 145 Å². The second kappa shape index (κ2) is 10.8. The zero-order valence-electron chi connectivity index (χ0n) is 16.9. The molecule has 3 rings (SSSR count). The highest BCUT2D eigenvalue weighted by Gasteiger charge is 2.41. The first-order valence-corrected chi connectivity index (χ1v) is 9.95. The Kier molecular flexibility index (Phi) is 8.44. The number of fused-ring (bicyclic) bond motifs is 1. The summed E-state index contributed by atoms with van der Waals surface area (Å²) in [7, 11) is 0. The van der Waals surface area contributed by atoms with Gasteiger partial charge in [-0.25, -0.2) is 0 Å². The predicted octanol–water partition coefficient (Wildman–Crippen LogP) is 0.177. The van der Waals surface area contributed by atoms with Gasteiger partial charge in [-0.1, -0.05) is 6.92 Å². The second-order valence-electron chi connectivity index (χ2n) is 7.33. The molecule has 1 aromatic rings. The molecule has 1 aliphatic carbocycles. The van der Waals surface area contributed by atoms with Gasteiger partial charge in [0.25, 0.3) is 12.0 Å². The number of aromatic nitrogens is 2. The van der Waals surface area contributed by atoms with Gasteiger partial charge in [0.15, 0.2) is 0 Å². The van der Waals surface area contributed by atoms with Gasteiger partial charge in [0.2, 0.25) is 11.8 Å². The highest BCUT2D eigenvalue weighted by molar-refractivity contribution is 5.81. The lowest BCUT2D eigenvalue weighted by Crippen LogP contribution is -2.57. The Morgan fingerprint density at radius 1 is 1.34 bits per heavy atom. The van der Waals surface area contributed by atoms with Gasteiger partial charge in [0.1, 0.15) is 0 Å². The van der Waals surface area contributed by atoms with Crippen molar-refractivity contribution in [3.05, 3.63) is 21.6 Å². The molecule has 1 saturated carbocycles. The number of nitrogens with zero attached hydrogens (tertiary/aromatic N) is 1. The van der Waals surface area contributed by atoms with Crippen molar-refractivity contribution in [1.29, 1.82) is 0 Å². The Morgan fingerprint density at radius 3 is 2.69 bits per heavy atom. The van der Waals surface area contributed by atoms with Crippen LogP contribution in [-0.4, -0.2) is 70.3 Å². The van der Waals surface area contributed by atoms with Crippen LogP contribution >= 0.6 is 0 Å². The number of amides is 2. The third-order valence-electron chi connectivity index (χ3n) is 5.48. The Labute approximate surface area is 169 Å².